The van der Waals surface area contributed by atoms with Crippen LogP contribution in [0.3, 0.4) is 0 Å². The Bertz CT molecular complexity index is 817. The van der Waals surface area contributed by atoms with Crippen LogP contribution in [0.2, 0.25) is 0 Å². The highest BCUT2D eigenvalue weighted by atomic mass is 16.5. The molecule has 1 amide bonds. The molecule has 0 unspecified atom stereocenters. The first-order chi connectivity index (χ1) is 11.7. The number of carbonyl (C=O) groups is 2. The zero-order chi connectivity index (χ0) is 16.7. The van der Waals surface area contributed by atoms with E-state index in [4.69, 9.17) is 4.74 Å². The molecule has 24 heavy (non-hydrogen) atoms. The predicted octanol–water partition coefficient (Wildman–Crippen LogP) is 2.33. The lowest BCUT2D eigenvalue weighted by atomic mass is 9.88. The SMILES string of the molecule is O=C[C@H]1c2ccccc2Oc2cc(C(=O)N3CC[C@H](O)C3)ccc21. The van der Waals surface area contributed by atoms with Gasteiger partial charge in [-0.15, -0.1) is 0 Å². The Morgan fingerprint density at radius 1 is 1.17 bits per heavy atom. The highest BCUT2D eigenvalue weighted by Gasteiger charge is 2.29. The van der Waals surface area contributed by atoms with Gasteiger partial charge in [-0.1, -0.05) is 24.3 Å². The quantitative estimate of drug-likeness (QED) is 0.862. The van der Waals surface area contributed by atoms with Gasteiger partial charge in [0.1, 0.15) is 17.8 Å². The molecule has 2 aromatic rings. The summed E-state index contributed by atoms with van der Waals surface area (Å²) in [7, 11) is 0. The van der Waals surface area contributed by atoms with Gasteiger partial charge >= 0.3 is 0 Å². The van der Waals surface area contributed by atoms with Gasteiger partial charge in [-0.2, -0.15) is 0 Å². The van der Waals surface area contributed by atoms with E-state index >= 15 is 0 Å². The Hall–Kier alpha value is -2.66. The molecule has 0 radical (unpaired) electrons. The van der Waals surface area contributed by atoms with Crippen molar-refractivity contribution in [2.75, 3.05) is 13.1 Å². The van der Waals surface area contributed by atoms with Crippen molar-refractivity contribution in [1.29, 1.82) is 0 Å². The van der Waals surface area contributed by atoms with Crippen molar-refractivity contribution in [1.82, 2.24) is 4.90 Å². The molecule has 2 aliphatic rings. The minimum Gasteiger partial charge on any atom is -0.457 e. The zero-order valence-corrected chi connectivity index (χ0v) is 13.0. The third kappa shape index (κ3) is 2.37. The first-order valence-electron chi connectivity index (χ1n) is 8.00. The van der Waals surface area contributed by atoms with Crippen molar-refractivity contribution < 1.29 is 19.4 Å². The number of benzene rings is 2. The van der Waals surface area contributed by atoms with Crippen LogP contribution in [0.4, 0.5) is 0 Å². The second kappa shape index (κ2) is 5.76. The summed E-state index contributed by atoms with van der Waals surface area (Å²) in [6, 6.07) is 12.6. The number of hydrogen-bond donors (Lipinski definition) is 1. The molecule has 1 saturated heterocycles. The van der Waals surface area contributed by atoms with Crippen LogP contribution in [0.1, 0.15) is 33.8 Å². The van der Waals surface area contributed by atoms with Gasteiger partial charge in [-0.05, 0) is 24.6 Å². The second-order valence-electron chi connectivity index (χ2n) is 6.20. The van der Waals surface area contributed by atoms with E-state index in [1.165, 1.54) is 0 Å². The minimum absolute atomic E-state index is 0.125. The van der Waals surface area contributed by atoms with Gasteiger partial charge in [0.2, 0.25) is 0 Å². The third-order valence-electron chi connectivity index (χ3n) is 4.66. The molecule has 2 heterocycles. The van der Waals surface area contributed by atoms with Crippen molar-refractivity contribution in [3.63, 3.8) is 0 Å². The van der Waals surface area contributed by atoms with Crippen LogP contribution < -0.4 is 4.74 Å². The summed E-state index contributed by atoms with van der Waals surface area (Å²) < 4.78 is 5.91. The molecule has 0 saturated carbocycles. The number of carbonyl (C=O) groups excluding carboxylic acids is 2. The maximum Gasteiger partial charge on any atom is 0.254 e. The third-order valence-corrected chi connectivity index (χ3v) is 4.66. The molecule has 5 heteroatoms. The van der Waals surface area contributed by atoms with Crippen molar-refractivity contribution in [2.45, 2.75) is 18.4 Å². The molecule has 1 N–H and O–H groups in total. The molecule has 2 aromatic carbocycles. The number of aliphatic hydroxyl groups is 1. The van der Waals surface area contributed by atoms with E-state index in [2.05, 4.69) is 0 Å². The van der Waals surface area contributed by atoms with E-state index in [1.54, 1.807) is 23.1 Å². The number of likely N-dealkylation sites (tertiary alicyclic amines) is 1. The van der Waals surface area contributed by atoms with Gasteiger partial charge in [0, 0.05) is 29.8 Å². The van der Waals surface area contributed by atoms with Crippen LogP contribution in [-0.2, 0) is 4.79 Å². The summed E-state index contributed by atoms with van der Waals surface area (Å²) >= 11 is 0. The van der Waals surface area contributed by atoms with Crippen molar-refractivity contribution in [3.05, 3.63) is 59.2 Å². The number of para-hydroxylation sites is 1. The lowest BCUT2D eigenvalue weighted by Gasteiger charge is -2.25. The Morgan fingerprint density at radius 3 is 2.71 bits per heavy atom. The molecule has 0 bridgehead atoms. The number of β-amino-alcohol motifs (C(OH)–C–C–N with tert-alkyl or cyclic N) is 1. The molecule has 5 nitrogen and oxygen atoms in total. The van der Waals surface area contributed by atoms with Gasteiger partial charge in [0.05, 0.1) is 12.0 Å². The number of rotatable bonds is 2. The second-order valence-corrected chi connectivity index (χ2v) is 6.20. The monoisotopic (exact) mass is 323 g/mol. The molecule has 4 rings (SSSR count). The van der Waals surface area contributed by atoms with Crippen LogP contribution >= 0.6 is 0 Å². The van der Waals surface area contributed by atoms with E-state index in [0.717, 1.165) is 17.4 Å². The first kappa shape index (κ1) is 14.9. The fourth-order valence-corrected chi connectivity index (χ4v) is 3.38. The predicted molar refractivity (Wildman–Crippen MR) is 87.4 cm³/mol. The van der Waals surface area contributed by atoms with E-state index in [-0.39, 0.29) is 11.8 Å². The molecule has 0 aromatic heterocycles. The Kier molecular flexibility index (Phi) is 3.58. The van der Waals surface area contributed by atoms with Gasteiger partial charge < -0.3 is 19.5 Å². The first-order valence-corrected chi connectivity index (χ1v) is 8.00. The maximum atomic E-state index is 12.6. The highest BCUT2D eigenvalue weighted by molar-refractivity contribution is 5.95. The average molecular weight is 323 g/mol. The zero-order valence-electron chi connectivity index (χ0n) is 13.0. The number of hydrogen-bond acceptors (Lipinski definition) is 4. The normalized spacial score (nSPS) is 21.6. The van der Waals surface area contributed by atoms with Crippen LogP contribution in [0.15, 0.2) is 42.5 Å². The van der Waals surface area contributed by atoms with Crippen molar-refractivity contribution >= 4 is 12.2 Å². The summed E-state index contributed by atoms with van der Waals surface area (Å²) in [6.07, 6.45) is 1.06. The van der Waals surface area contributed by atoms with Gasteiger partial charge in [0.15, 0.2) is 0 Å². The lowest BCUT2D eigenvalue weighted by Crippen LogP contribution is -2.29. The number of aldehydes is 1. The van der Waals surface area contributed by atoms with E-state index in [1.807, 2.05) is 24.3 Å². The fraction of sp³-hybridized carbons (Fsp3) is 0.263. The number of fused-ring (bicyclic) bond motifs is 2. The average Bonchev–Trinajstić information content (AvgIpc) is 3.04. The molecule has 122 valence electrons. The number of nitrogens with zero attached hydrogens (tertiary/aromatic N) is 1. The van der Waals surface area contributed by atoms with Crippen LogP contribution in [-0.4, -0.2) is 41.4 Å². The molecule has 2 aliphatic heterocycles. The van der Waals surface area contributed by atoms with Gasteiger partial charge in [0.25, 0.3) is 5.91 Å². The van der Waals surface area contributed by atoms with Gasteiger partial charge in [-0.3, -0.25) is 4.79 Å². The van der Waals surface area contributed by atoms with E-state index in [0.29, 0.717) is 36.6 Å². The minimum atomic E-state index is -0.450. The van der Waals surface area contributed by atoms with Crippen LogP contribution in [0, 0.1) is 0 Å². The maximum absolute atomic E-state index is 12.6. The number of amides is 1. The largest absolute Gasteiger partial charge is 0.457 e. The van der Waals surface area contributed by atoms with Crippen molar-refractivity contribution in [3.8, 4) is 11.5 Å². The topological polar surface area (TPSA) is 66.8 Å². The molecule has 0 spiro atoms. The molecule has 2 atom stereocenters. The molecule has 1 fully saturated rings. The number of ether oxygens (including phenoxy) is 1. The molecule has 0 aliphatic carbocycles. The van der Waals surface area contributed by atoms with Gasteiger partial charge in [-0.25, -0.2) is 0 Å². The Morgan fingerprint density at radius 2 is 1.96 bits per heavy atom. The van der Waals surface area contributed by atoms with E-state index < -0.39 is 6.10 Å². The summed E-state index contributed by atoms with van der Waals surface area (Å²) in [5.74, 6) is 0.668. The standard InChI is InChI=1S/C19H17NO4/c21-11-16-14-3-1-2-4-17(14)24-18-9-12(5-6-15(16)18)19(23)20-8-7-13(22)10-20/h1-6,9,11,13,16,22H,7-8,10H2/t13-,16-/m0/s1. The molecular weight excluding hydrogens is 306 g/mol. The smallest absolute Gasteiger partial charge is 0.254 e. The Labute approximate surface area is 139 Å². The Balaban J connectivity index is 1.69. The summed E-state index contributed by atoms with van der Waals surface area (Å²) in [5.41, 5.74) is 2.11. The van der Waals surface area contributed by atoms with Crippen molar-refractivity contribution in [2.24, 2.45) is 0 Å². The molecular formula is C19H17NO4. The summed E-state index contributed by atoms with van der Waals surface area (Å²) in [4.78, 5) is 25.8. The highest BCUT2D eigenvalue weighted by Crippen LogP contribution is 2.43. The fourth-order valence-electron chi connectivity index (χ4n) is 3.38. The lowest BCUT2D eigenvalue weighted by molar-refractivity contribution is -0.108. The van der Waals surface area contributed by atoms with Crippen LogP contribution in [0.5, 0.6) is 11.5 Å². The summed E-state index contributed by atoms with van der Waals surface area (Å²) in [6.45, 7) is 0.911. The van der Waals surface area contributed by atoms with E-state index in [9.17, 15) is 14.7 Å². The summed E-state index contributed by atoms with van der Waals surface area (Å²) in [5, 5.41) is 9.61. The number of aliphatic hydroxyl groups excluding tert-OH is 1. The van der Waals surface area contributed by atoms with Crippen LogP contribution in [0.25, 0.3) is 0 Å².